The van der Waals surface area contributed by atoms with Gasteiger partial charge in [0.05, 0.1) is 11.7 Å². The lowest BCUT2D eigenvalue weighted by molar-refractivity contribution is -0.129. The Morgan fingerprint density at radius 2 is 2.19 bits per heavy atom. The van der Waals surface area contributed by atoms with Crippen molar-refractivity contribution in [2.45, 2.75) is 37.4 Å². The molecule has 0 aromatic carbocycles. The number of amides is 1. The van der Waals surface area contributed by atoms with Crippen molar-refractivity contribution in [2.24, 2.45) is 5.73 Å². The quantitative estimate of drug-likeness (QED) is 0.798. The maximum Gasteiger partial charge on any atom is 0.225 e. The summed E-state index contributed by atoms with van der Waals surface area (Å²) < 4.78 is 0. The molecule has 1 aromatic heterocycles. The molecule has 0 spiro atoms. The molecule has 3 rings (SSSR count). The first-order valence-corrected chi connectivity index (χ1v) is 5.75. The molecule has 0 radical (unpaired) electrons. The fourth-order valence-electron chi connectivity index (χ4n) is 2.48. The van der Waals surface area contributed by atoms with Gasteiger partial charge in [-0.25, -0.2) is 0 Å². The number of hydrogen-bond acceptors (Lipinski definition) is 3. The largest absolute Gasteiger partial charge is 0.329 e. The van der Waals surface area contributed by atoms with Crippen molar-refractivity contribution in [1.29, 1.82) is 0 Å². The summed E-state index contributed by atoms with van der Waals surface area (Å²) in [6, 6.07) is 6.08. The first-order chi connectivity index (χ1) is 7.77. The van der Waals surface area contributed by atoms with Crippen LogP contribution in [0.2, 0.25) is 0 Å². The molecule has 1 saturated carbocycles. The van der Waals surface area contributed by atoms with E-state index in [0.717, 1.165) is 18.5 Å². The van der Waals surface area contributed by atoms with Crippen LogP contribution in [0.3, 0.4) is 0 Å². The van der Waals surface area contributed by atoms with Gasteiger partial charge in [-0.2, -0.15) is 0 Å². The predicted molar refractivity (Wildman–Crippen MR) is 59.4 cm³/mol. The second-order valence-corrected chi connectivity index (χ2v) is 4.60. The Labute approximate surface area is 94.5 Å². The SMILES string of the molecule is NC1CC(=O)N(C2CC2)C1c1ccccn1. The molecule has 2 fully saturated rings. The van der Waals surface area contributed by atoms with E-state index in [-0.39, 0.29) is 18.0 Å². The van der Waals surface area contributed by atoms with Gasteiger partial charge in [0.1, 0.15) is 0 Å². The monoisotopic (exact) mass is 217 g/mol. The number of likely N-dealkylation sites (tertiary alicyclic amines) is 1. The standard InChI is InChI=1S/C12H15N3O/c13-9-7-11(16)15(8-4-5-8)12(9)10-3-1-2-6-14-10/h1-3,6,8-9,12H,4-5,7,13H2. The first-order valence-electron chi connectivity index (χ1n) is 5.75. The Hall–Kier alpha value is -1.42. The van der Waals surface area contributed by atoms with Gasteiger partial charge in [0.25, 0.3) is 0 Å². The van der Waals surface area contributed by atoms with Crippen LogP contribution in [0.15, 0.2) is 24.4 Å². The minimum Gasteiger partial charge on any atom is -0.329 e. The average Bonchev–Trinajstić information content (AvgIpc) is 3.06. The molecule has 2 heterocycles. The number of nitrogens with two attached hydrogens (primary N) is 1. The molecule has 0 bridgehead atoms. The van der Waals surface area contributed by atoms with E-state index in [2.05, 4.69) is 4.98 Å². The van der Waals surface area contributed by atoms with Crippen molar-refractivity contribution in [3.05, 3.63) is 30.1 Å². The molecule has 2 unspecified atom stereocenters. The number of carbonyl (C=O) groups is 1. The van der Waals surface area contributed by atoms with Crippen LogP contribution < -0.4 is 5.73 Å². The summed E-state index contributed by atoms with van der Waals surface area (Å²) in [7, 11) is 0. The van der Waals surface area contributed by atoms with Gasteiger partial charge in [-0.1, -0.05) is 6.07 Å². The van der Waals surface area contributed by atoms with Gasteiger partial charge in [0, 0.05) is 24.7 Å². The van der Waals surface area contributed by atoms with Crippen LogP contribution in [-0.2, 0) is 4.79 Å². The third-order valence-electron chi connectivity index (χ3n) is 3.33. The second kappa shape index (κ2) is 3.56. The van der Waals surface area contributed by atoms with E-state index < -0.39 is 0 Å². The van der Waals surface area contributed by atoms with Crippen LogP contribution in [0.1, 0.15) is 31.0 Å². The normalized spacial score (nSPS) is 29.8. The van der Waals surface area contributed by atoms with Gasteiger partial charge in [-0.05, 0) is 25.0 Å². The van der Waals surface area contributed by atoms with E-state index in [4.69, 9.17) is 5.73 Å². The summed E-state index contributed by atoms with van der Waals surface area (Å²) in [4.78, 5) is 18.2. The van der Waals surface area contributed by atoms with E-state index in [0.29, 0.717) is 12.5 Å². The van der Waals surface area contributed by atoms with Crippen LogP contribution in [0.5, 0.6) is 0 Å². The number of carbonyl (C=O) groups excluding carboxylic acids is 1. The van der Waals surface area contributed by atoms with Crippen molar-refractivity contribution >= 4 is 5.91 Å². The summed E-state index contributed by atoms with van der Waals surface area (Å²) in [5, 5.41) is 0. The molecular formula is C12H15N3O. The first kappa shape index (κ1) is 9.78. The molecule has 1 aliphatic heterocycles. The Balaban J connectivity index is 1.94. The Morgan fingerprint density at radius 3 is 2.81 bits per heavy atom. The average molecular weight is 217 g/mol. The third kappa shape index (κ3) is 1.50. The lowest BCUT2D eigenvalue weighted by Gasteiger charge is -2.26. The number of pyridine rings is 1. The minimum absolute atomic E-state index is 0.0128. The van der Waals surface area contributed by atoms with Crippen molar-refractivity contribution in [2.75, 3.05) is 0 Å². The molecule has 2 N–H and O–H groups in total. The predicted octanol–water partition coefficient (Wildman–Crippen LogP) is 0.845. The molecule has 4 nitrogen and oxygen atoms in total. The highest BCUT2D eigenvalue weighted by atomic mass is 16.2. The summed E-state index contributed by atoms with van der Waals surface area (Å²) in [5.41, 5.74) is 6.98. The molecule has 1 saturated heterocycles. The maximum absolute atomic E-state index is 11.9. The Morgan fingerprint density at radius 1 is 1.38 bits per heavy atom. The van der Waals surface area contributed by atoms with Crippen LogP contribution in [0.4, 0.5) is 0 Å². The van der Waals surface area contributed by atoms with Gasteiger partial charge in [0.2, 0.25) is 5.91 Å². The van der Waals surface area contributed by atoms with E-state index in [1.807, 2.05) is 23.1 Å². The lowest BCUT2D eigenvalue weighted by Crippen LogP contribution is -2.35. The Bertz CT molecular complexity index is 402. The smallest absolute Gasteiger partial charge is 0.225 e. The highest BCUT2D eigenvalue weighted by Gasteiger charge is 2.46. The van der Waals surface area contributed by atoms with Crippen molar-refractivity contribution in [1.82, 2.24) is 9.88 Å². The van der Waals surface area contributed by atoms with E-state index in [1.54, 1.807) is 6.20 Å². The Kier molecular flexibility index (Phi) is 2.17. The molecular weight excluding hydrogens is 202 g/mol. The van der Waals surface area contributed by atoms with Gasteiger partial charge in [-0.15, -0.1) is 0 Å². The fraction of sp³-hybridized carbons (Fsp3) is 0.500. The molecule has 2 aliphatic rings. The maximum atomic E-state index is 11.9. The van der Waals surface area contributed by atoms with Crippen LogP contribution in [-0.4, -0.2) is 27.9 Å². The summed E-state index contributed by atoms with van der Waals surface area (Å²) in [5.74, 6) is 0.186. The highest BCUT2D eigenvalue weighted by Crippen LogP contribution is 2.40. The van der Waals surface area contributed by atoms with Gasteiger partial charge >= 0.3 is 0 Å². The zero-order valence-electron chi connectivity index (χ0n) is 9.04. The van der Waals surface area contributed by atoms with Gasteiger partial charge < -0.3 is 10.6 Å². The lowest BCUT2D eigenvalue weighted by atomic mass is 10.1. The van der Waals surface area contributed by atoms with Crippen LogP contribution >= 0.6 is 0 Å². The van der Waals surface area contributed by atoms with Crippen molar-refractivity contribution < 1.29 is 4.79 Å². The van der Waals surface area contributed by atoms with Crippen LogP contribution in [0.25, 0.3) is 0 Å². The number of hydrogen-bond donors (Lipinski definition) is 1. The molecule has 4 heteroatoms. The highest BCUT2D eigenvalue weighted by molar-refractivity contribution is 5.81. The molecule has 16 heavy (non-hydrogen) atoms. The van der Waals surface area contributed by atoms with Crippen molar-refractivity contribution in [3.8, 4) is 0 Å². The fourth-order valence-corrected chi connectivity index (χ4v) is 2.48. The second-order valence-electron chi connectivity index (χ2n) is 4.60. The van der Waals surface area contributed by atoms with E-state index >= 15 is 0 Å². The molecule has 1 aliphatic carbocycles. The van der Waals surface area contributed by atoms with E-state index in [9.17, 15) is 4.79 Å². The molecule has 1 amide bonds. The van der Waals surface area contributed by atoms with Gasteiger partial charge in [-0.3, -0.25) is 9.78 Å². The zero-order chi connectivity index (χ0) is 11.1. The minimum atomic E-state index is -0.108. The molecule has 84 valence electrons. The van der Waals surface area contributed by atoms with Gasteiger partial charge in [0.15, 0.2) is 0 Å². The van der Waals surface area contributed by atoms with Crippen LogP contribution in [0, 0.1) is 0 Å². The van der Waals surface area contributed by atoms with Crippen molar-refractivity contribution in [3.63, 3.8) is 0 Å². The summed E-state index contributed by atoms with van der Waals surface area (Å²) >= 11 is 0. The number of aromatic nitrogens is 1. The zero-order valence-corrected chi connectivity index (χ0v) is 9.04. The van der Waals surface area contributed by atoms with E-state index in [1.165, 1.54) is 0 Å². The summed E-state index contributed by atoms with van der Waals surface area (Å²) in [6.07, 6.45) is 4.44. The number of rotatable bonds is 2. The summed E-state index contributed by atoms with van der Waals surface area (Å²) in [6.45, 7) is 0. The number of nitrogens with zero attached hydrogens (tertiary/aromatic N) is 2. The molecule has 2 atom stereocenters. The topological polar surface area (TPSA) is 59.2 Å². The third-order valence-corrected chi connectivity index (χ3v) is 3.33. The molecule has 1 aromatic rings.